The molecular formula is C27H39N2P. The van der Waals surface area contributed by atoms with Gasteiger partial charge in [-0.1, -0.05) is 80.9 Å². The molecule has 0 aromatic rings. The zero-order valence-corrected chi connectivity index (χ0v) is 19.8. The Labute approximate surface area is 185 Å². The predicted octanol–water partition coefficient (Wildman–Crippen LogP) is 8.13. The highest BCUT2D eigenvalue weighted by atomic mass is 31.1. The van der Waals surface area contributed by atoms with E-state index in [4.69, 9.17) is 4.99 Å². The minimum absolute atomic E-state index is 0.575. The van der Waals surface area contributed by atoms with Gasteiger partial charge in [-0.2, -0.15) is 0 Å². The molecule has 1 saturated carbocycles. The summed E-state index contributed by atoms with van der Waals surface area (Å²) in [5.74, 6) is 0. The molecule has 1 fully saturated rings. The molecule has 0 bridgehead atoms. The van der Waals surface area contributed by atoms with Gasteiger partial charge in [0.1, 0.15) is 5.58 Å². The number of hydrogen-bond acceptors (Lipinski definition) is 1. The highest BCUT2D eigenvalue weighted by molar-refractivity contribution is 7.82. The molecule has 0 amide bonds. The van der Waals surface area contributed by atoms with Gasteiger partial charge in [-0.05, 0) is 68.1 Å². The monoisotopic (exact) mass is 422 g/mol. The Kier molecular flexibility index (Phi) is 9.90. The van der Waals surface area contributed by atoms with Gasteiger partial charge < -0.3 is 5.32 Å². The van der Waals surface area contributed by atoms with Crippen molar-refractivity contribution >= 4 is 13.5 Å². The average Bonchev–Trinajstić information content (AvgIpc) is 2.81. The lowest BCUT2D eigenvalue weighted by atomic mass is 9.96. The van der Waals surface area contributed by atoms with E-state index in [2.05, 4.69) is 73.8 Å². The fourth-order valence-corrected chi connectivity index (χ4v) is 6.77. The minimum Gasteiger partial charge on any atom is -0.367 e. The molecule has 0 unspecified atom stereocenters. The molecule has 2 nitrogen and oxygen atoms in total. The third-order valence-corrected chi connectivity index (χ3v) is 8.56. The van der Waals surface area contributed by atoms with Crippen molar-refractivity contribution in [1.82, 2.24) is 5.32 Å². The summed E-state index contributed by atoms with van der Waals surface area (Å²) in [5, 5.41) is 6.96. The van der Waals surface area contributed by atoms with Gasteiger partial charge in [0, 0.05) is 14.0 Å². The van der Waals surface area contributed by atoms with Crippen molar-refractivity contribution in [2.24, 2.45) is 4.99 Å². The Morgan fingerprint density at radius 3 is 2.70 bits per heavy atom. The van der Waals surface area contributed by atoms with Gasteiger partial charge in [-0.3, -0.25) is 4.99 Å². The number of allylic oxidation sites excluding steroid dienone is 10. The third-order valence-electron chi connectivity index (χ3n) is 5.99. The number of hydrogen-bond donors (Lipinski definition) is 1. The molecule has 3 heteroatoms. The largest absolute Gasteiger partial charge is 0.367 e. The van der Waals surface area contributed by atoms with Crippen LogP contribution in [0, 0.1) is 0 Å². The maximum Gasteiger partial charge on any atom is 0.129 e. The van der Waals surface area contributed by atoms with Gasteiger partial charge in [-0.25, -0.2) is 0 Å². The van der Waals surface area contributed by atoms with Crippen molar-refractivity contribution in [3.8, 4) is 0 Å². The Morgan fingerprint density at radius 1 is 1.17 bits per heavy atom. The molecule has 30 heavy (non-hydrogen) atoms. The van der Waals surface area contributed by atoms with Crippen LogP contribution in [0.1, 0.15) is 78.1 Å². The van der Waals surface area contributed by atoms with E-state index in [1.807, 2.05) is 0 Å². The lowest BCUT2D eigenvalue weighted by Gasteiger charge is -2.31. The first-order valence-electron chi connectivity index (χ1n) is 12.0. The standard InChI is InChI=1S/C27H39N2P/c1-3-5-19-25(4-2)30(26-20-13-8-14-21-26)27(29-24-17-11-7-12-18-24)28-22-23-15-9-6-10-16-23/h4-5,8-9,13,15-16,19-20,24H,3,6-7,10-12,14,17-18,21-22H2,1-2H3,(H,28,29)/b19-5-,25-4+/t30-/m0/s1. The third kappa shape index (κ3) is 6.95. The van der Waals surface area contributed by atoms with Gasteiger partial charge in [0.2, 0.25) is 0 Å². The second-order valence-electron chi connectivity index (χ2n) is 8.36. The minimum atomic E-state index is -0.597. The molecule has 0 aliphatic heterocycles. The van der Waals surface area contributed by atoms with Crippen LogP contribution >= 0.6 is 7.92 Å². The maximum absolute atomic E-state index is 5.27. The summed E-state index contributed by atoms with van der Waals surface area (Å²) in [6.07, 6.45) is 33.1. The first-order valence-corrected chi connectivity index (χ1v) is 13.3. The number of nitrogens with one attached hydrogen (secondary N) is 1. The number of amidine groups is 1. The molecule has 0 spiro atoms. The van der Waals surface area contributed by atoms with E-state index in [-0.39, 0.29) is 0 Å². The summed E-state index contributed by atoms with van der Waals surface area (Å²) in [4.78, 5) is 5.27. The van der Waals surface area contributed by atoms with Gasteiger partial charge in [0.25, 0.3) is 0 Å². The van der Waals surface area contributed by atoms with Crippen LogP contribution in [-0.2, 0) is 0 Å². The van der Waals surface area contributed by atoms with Crippen LogP contribution in [0.3, 0.4) is 0 Å². The Hall–Kier alpha value is -1.66. The lowest BCUT2D eigenvalue weighted by Crippen LogP contribution is -2.36. The van der Waals surface area contributed by atoms with E-state index in [0.29, 0.717) is 6.04 Å². The summed E-state index contributed by atoms with van der Waals surface area (Å²) >= 11 is 0. The molecule has 0 aromatic carbocycles. The summed E-state index contributed by atoms with van der Waals surface area (Å²) < 4.78 is 0. The molecule has 0 saturated heterocycles. The van der Waals surface area contributed by atoms with Crippen molar-refractivity contribution in [2.45, 2.75) is 84.1 Å². The molecular weight excluding hydrogens is 383 g/mol. The first kappa shape index (κ1) is 23.0. The molecule has 162 valence electrons. The van der Waals surface area contributed by atoms with E-state index >= 15 is 0 Å². The van der Waals surface area contributed by atoms with Crippen molar-refractivity contribution in [3.05, 3.63) is 70.9 Å². The van der Waals surface area contributed by atoms with Crippen molar-refractivity contribution in [3.63, 3.8) is 0 Å². The second-order valence-corrected chi connectivity index (χ2v) is 10.5. The smallest absolute Gasteiger partial charge is 0.129 e. The molecule has 1 N–H and O–H groups in total. The molecule has 3 aliphatic carbocycles. The van der Waals surface area contributed by atoms with E-state index in [9.17, 15) is 0 Å². The lowest BCUT2D eigenvalue weighted by molar-refractivity contribution is 0.415. The van der Waals surface area contributed by atoms with Crippen LogP contribution in [0.4, 0.5) is 0 Å². The zero-order chi connectivity index (χ0) is 21.0. The van der Waals surface area contributed by atoms with Gasteiger partial charge in [-0.15, -0.1) is 0 Å². The summed E-state index contributed by atoms with van der Waals surface area (Å²) in [6.45, 7) is 5.20. The molecule has 0 aromatic heterocycles. The van der Waals surface area contributed by atoms with Crippen LogP contribution in [-0.4, -0.2) is 18.2 Å². The second kappa shape index (κ2) is 12.9. The predicted molar refractivity (Wildman–Crippen MR) is 135 cm³/mol. The summed E-state index contributed by atoms with van der Waals surface area (Å²) in [6, 6.07) is 0.575. The van der Waals surface area contributed by atoms with Crippen LogP contribution < -0.4 is 5.32 Å². The first-order chi connectivity index (χ1) is 14.8. The molecule has 1 atom stereocenters. The number of nitrogens with zero attached hydrogens (tertiary/aromatic N) is 1. The van der Waals surface area contributed by atoms with Crippen LogP contribution in [0.15, 0.2) is 75.9 Å². The number of aliphatic imine (C=N–C) groups is 1. The van der Waals surface area contributed by atoms with Crippen molar-refractivity contribution in [1.29, 1.82) is 0 Å². The topological polar surface area (TPSA) is 24.4 Å². The molecule has 0 heterocycles. The molecule has 3 rings (SSSR count). The van der Waals surface area contributed by atoms with Crippen molar-refractivity contribution in [2.75, 3.05) is 6.54 Å². The summed E-state index contributed by atoms with van der Waals surface area (Å²) in [7, 11) is -0.597. The Balaban J connectivity index is 1.93. The summed E-state index contributed by atoms with van der Waals surface area (Å²) in [5.41, 5.74) is 2.61. The number of rotatable bonds is 8. The van der Waals surface area contributed by atoms with Crippen molar-refractivity contribution < 1.29 is 0 Å². The Morgan fingerprint density at radius 2 is 2.03 bits per heavy atom. The fraction of sp³-hybridized carbons (Fsp3) is 0.519. The Bertz CT molecular complexity index is 758. The zero-order valence-electron chi connectivity index (χ0n) is 18.9. The average molecular weight is 423 g/mol. The normalized spacial score (nSPS) is 22.2. The SMILES string of the molecule is C/C=C(\C=C/CC)[P@@](C1=CC=CCC1)C(=NCC1=CCCC=C1)NC1CCCCC1. The highest BCUT2D eigenvalue weighted by Crippen LogP contribution is 2.56. The van der Waals surface area contributed by atoms with Gasteiger partial charge in [0.05, 0.1) is 6.54 Å². The van der Waals surface area contributed by atoms with E-state index in [1.54, 1.807) is 5.31 Å². The van der Waals surface area contributed by atoms with Crippen LogP contribution in [0.25, 0.3) is 0 Å². The highest BCUT2D eigenvalue weighted by Gasteiger charge is 2.26. The van der Waals surface area contributed by atoms with Crippen LogP contribution in [0.5, 0.6) is 0 Å². The van der Waals surface area contributed by atoms with E-state index < -0.39 is 7.92 Å². The van der Waals surface area contributed by atoms with E-state index in [1.165, 1.54) is 48.6 Å². The maximum atomic E-state index is 5.27. The quantitative estimate of drug-likeness (QED) is 0.182. The van der Waals surface area contributed by atoms with Gasteiger partial charge >= 0.3 is 0 Å². The fourth-order valence-electron chi connectivity index (χ4n) is 4.30. The van der Waals surface area contributed by atoms with Gasteiger partial charge in [0.15, 0.2) is 0 Å². The molecule has 0 radical (unpaired) electrons. The van der Waals surface area contributed by atoms with E-state index in [0.717, 1.165) is 38.6 Å². The van der Waals surface area contributed by atoms with Crippen LogP contribution in [0.2, 0.25) is 0 Å². The molecule has 3 aliphatic rings.